The lowest BCUT2D eigenvalue weighted by molar-refractivity contribution is 0.0690. The van der Waals surface area contributed by atoms with Crippen LogP contribution in [0.3, 0.4) is 0 Å². The van der Waals surface area contributed by atoms with Crippen molar-refractivity contribution in [3.63, 3.8) is 0 Å². The second-order valence-corrected chi connectivity index (χ2v) is 4.64. The van der Waals surface area contributed by atoms with Crippen molar-refractivity contribution in [1.82, 2.24) is 9.97 Å². The van der Waals surface area contributed by atoms with Crippen LogP contribution < -0.4 is 4.90 Å². The summed E-state index contributed by atoms with van der Waals surface area (Å²) in [5.74, 6) is -0.376. The standard InChI is InChI=1S/C12H17N3O3/c1-8-5-10(11(17)18)14-12(13-8)15-4-2-3-9(6-15)7-16/h5,9,16H,2-4,6-7H2,1H3,(H,17,18). The Kier molecular flexibility index (Phi) is 3.76. The van der Waals surface area contributed by atoms with E-state index >= 15 is 0 Å². The van der Waals surface area contributed by atoms with Crippen molar-refractivity contribution in [1.29, 1.82) is 0 Å². The molecule has 2 N–H and O–H groups in total. The Morgan fingerprint density at radius 3 is 3.00 bits per heavy atom. The first-order valence-corrected chi connectivity index (χ1v) is 6.05. The molecule has 1 aliphatic heterocycles. The minimum atomic E-state index is -1.04. The molecule has 0 aromatic carbocycles. The van der Waals surface area contributed by atoms with Crippen molar-refractivity contribution >= 4 is 11.9 Å². The number of aliphatic hydroxyl groups excluding tert-OH is 1. The third-order valence-corrected chi connectivity index (χ3v) is 3.12. The zero-order chi connectivity index (χ0) is 13.1. The highest BCUT2D eigenvalue weighted by atomic mass is 16.4. The summed E-state index contributed by atoms with van der Waals surface area (Å²) in [7, 11) is 0. The van der Waals surface area contributed by atoms with Crippen LogP contribution in [-0.4, -0.2) is 45.8 Å². The number of piperidine rings is 1. The lowest BCUT2D eigenvalue weighted by Crippen LogP contribution is -2.38. The molecule has 2 heterocycles. The van der Waals surface area contributed by atoms with Gasteiger partial charge in [0.15, 0.2) is 5.69 Å². The number of nitrogens with zero attached hydrogens (tertiary/aromatic N) is 3. The number of carboxylic acids is 1. The molecular weight excluding hydrogens is 234 g/mol. The summed E-state index contributed by atoms with van der Waals surface area (Å²) in [6.07, 6.45) is 1.95. The molecule has 0 amide bonds. The van der Waals surface area contributed by atoms with E-state index in [9.17, 15) is 9.90 Å². The molecule has 1 aromatic rings. The molecule has 6 heteroatoms. The molecule has 0 aliphatic carbocycles. The predicted octanol–water partition coefficient (Wildman–Crippen LogP) is 0.692. The largest absolute Gasteiger partial charge is 0.477 e. The molecule has 1 aromatic heterocycles. The number of carboxylic acid groups (broad SMARTS) is 1. The highest BCUT2D eigenvalue weighted by molar-refractivity contribution is 5.85. The maximum absolute atomic E-state index is 11.0. The fourth-order valence-electron chi connectivity index (χ4n) is 2.20. The third-order valence-electron chi connectivity index (χ3n) is 3.12. The minimum absolute atomic E-state index is 0.0172. The number of aryl methyl sites for hydroxylation is 1. The van der Waals surface area contributed by atoms with E-state index < -0.39 is 5.97 Å². The lowest BCUT2D eigenvalue weighted by Gasteiger charge is -2.31. The van der Waals surface area contributed by atoms with Gasteiger partial charge in [0, 0.05) is 25.4 Å². The lowest BCUT2D eigenvalue weighted by atomic mass is 9.99. The van der Waals surface area contributed by atoms with Gasteiger partial charge >= 0.3 is 5.97 Å². The molecule has 1 unspecified atom stereocenters. The van der Waals surface area contributed by atoms with Gasteiger partial charge in [-0.2, -0.15) is 0 Å². The Hall–Kier alpha value is -1.69. The van der Waals surface area contributed by atoms with Gasteiger partial charge in [-0.1, -0.05) is 0 Å². The maximum Gasteiger partial charge on any atom is 0.354 e. The monoisotopic (exact) mass is 251 g/mol. The number of hydrogen-bond acceptors (Lipinski definition) is 5. The summed E-state index contributed by atoms with van der Waals surface area (Å²) in [4.78, 5) is 21.2. The van der Waals surface area contributed by atoms with E-state index in [2.05, 4.69) is 9.97 Å². The van der Waals surface area contributed by atoms with Gasteiger partial charge in [0.2, 0.25) is 5.95 Å². The van der Waals surface area contributed by atoms with Crippen molar-refractivity contribution in [2.24, 2.45) is 5.92 Å². The van der Waals surface area contributed by atoms with Crippen LogP contribution >= 0.6 is 0 Å². The summed E-state index contributed by atoms with van der Waals surface area (Å²) in [5.41, 5.74) is 0.659. The highest BCUT2D eigenvalue weighted by Crippen LogP contribution is 2.20. The minimum Gasteiger partial charge on any atom is -0.477 e. The van der Waals surface area contributed by atoms with Gasteiger partial charge in [-0.25, -0.2) is 14.8 Å². The SMILES string of the molecule is Cc1cc(C(=O)O)nc(N2CCCC(CO)C2)n1. The van der Waals surface area contributed by atoms with Crippen molar-refractivity contribution in [2.75, 3.05) is 24.6 Å². The number of hydrogen-bond donors (Lipinski definition) is 2. The van der Waals surface area contributed by atoms with Gasteiger partial charge < -0.3 is 15.1 Å². The van der Waals surface area contributed by atoms with Gasteiger partial charge in [0.05, 0.1) is 0 Å². The summed E-state index contributed by atoms with van der Waals surface area (Å²) >= 11 is 0. The van der Waals surface area contributed by atoms with E-state index in [0.717, 1.165) is 19.4 Å². The number of anilines is 1. The Balaban J connectivity index is 2.24. The molecule has 6 nitrogen and oxygen atoms in total. The van der Waals surface area contributed by atoms with Crippen LogP contribution in [0, 0.1) is 12.8 Å². The summed E-state index contributed by atoms with van der Waals surface area (Å²) < 4.78 is 0. The maximum atomic E-state index is 11.0. The molecule has 1 aliphatic rings. The number of aromatic nitrogens is 2. The quantitative estimate of drug-likeness (QED) is 0.822. The number of aliphatic hydroxyl groups is 1. The van der Waals surface area contributed by atoms with Gasteiger partial charge in [-0.3, -0.25) is 0 Å². The summed E-state index contributed by atoms with van der Waals surface area (Å²) in [6, 6.07) is 1.46. The molecule has 0 saturated carbocycles. The zero-order valence-corrected chi connectivity index (χ0v) is 10.3. The summed E-state index contributed by atoms with van der Waals surface area (Å²) in [6.45, 7) is 3.39. The van der Waals surface area contributed by atoms with Crippen LogP contribution in [0.15, 0.2) is 6.07 Å². The van der Waals surface area contributed by atoms with Crippen LogP contribution in [0.5, 0.6) is 0 Å². The van der Waals surface area contributed by atoms with E-state index in [1.165, 1.54) is 6.07 Å². The predicted molar refractivity (Wildman–Crippen MR) is 65.8 cm³/mol. The molecule has 0 radical (unpaired) electrons. The number of carbonyl (C=O) groups is 1. The molecule has 2 rings (SSSR count). The smallest absolute Gasteiger partial charge is 0.354 e. The Bertz CT molecular complexity index is 450. The van der Waals surface area contributed by atoms with Crippen LogP contribution in [0.2, 0.25) is 0 Å². The average molecular weight is 251 g/mol. The molecule has 1 saturated heterocycles. The highest BCUT2D eigenvalue weighted by Gasteiger charge is 2.22. The van der Waals surface area contributed by atoms with Gasteiger partial charge in [0.1, 0.15) is 0 Å². The second-order valence-electron chi connectivity index (χ2n) is 4.64. The van der Waals surface area contributed by atoms with Crippen LogP contribution in [0.25, 0.3) is 0 Å². The molecular formula is C12H17N3O3. The van der Waals surface area contributed by atoms with Crippen molar-refractivity contribution in [3.05, 3.63) is 17.5 Å². The number of aromatic carboxylic acids is 1. The third kappa shape index (κ3) is 2.76. The first kappa shape index (κ1) is 12.8. The first-order chi connectivity index (χ1) is 8.60. The van der Waals surface area contributed by atoms with E-state index in [0.29, 0.717) is 18.2 Å². The number of rotatable bonds is 3. The fraction of sp³-hybridized carbons (Fsp3) is 0.583. The molecule has 0 bridgehead atoms. The van der Waals surface area contributed by atoms with Crippen molar-refractivity contribution in [2.45, 2.75) is 19.8 Å². The topological polar surface area (TPSA) is 86.5 Å². The van der Waals surface area contributed by atoms with Crippen molar-refractivity contribution in [3.8, 4) is 0 Å². The van der Waals surface area contributed by atoms with E-state index in [1.54, 1.807) is 6.92 Å². The Morgan fingerprint density at radius 1 is 1.56 bits per heavy atom. The molecule has 0 spiro atoms. The molecule has 1 atom stereocenters. The molecule has 18 heavy (non-hydrogen) atoms. The van der Waals surface area contributed by atoms with Crippen LogP contribution in [0.4, 0.5) is 5.95 Å². The Labute approximate surface area is 105 Å². The summed E-state index contributed by atoms with van der Waals surface area (Å²) in [5, 5.41) is 18.2. The van der Waals surface area contributed by atoms with Gasteiger partial charge in [-0.05, 0) is 31.7 Å². The average Bonchev–Trinajstić information content (AvgIpc) is 2.38. The van der Waals surface area contributed by atoms with Gasteiger partial charge in [-0.15, -0.1) is 0 Å². The normalized spacial score (nSPS) is 19.9. The van der Waals surface area contributed by atoms with Crippen LogP contribution in [-0.2, 0) is 0 Å². The first-order valence-electron chi connectivity index (χ1n) is 6.05. The fourth-order valence-corrected chi connectivity index (χ4v) is 2.20. The molecule has 1 fully saturated rings. The zero-order valence-electron chi connectivity index (χ0n) is 10.3. The second kappa shape index (κ2) is 5.30. The van der Waals surface area contributed by atoms with E-state index in [4.69, 9.17) is 5.11 Å². The van der Waals surface area contributed by atoms with Gasteiger partial charge in [0.25, 0.3) is 0 Å². The van der Waals surface area contributed by atoms with Crippen LogP contribution in [0.1, 0.15) is 29.0 Å². The Morgan fingerprint density at radius 2 is 2.33 bits per heavy atom. The van der Waals surface area contributed by atoms with Crippen molar-refractivity contribution < 1.29 is 15.0 Å². The van der Waals surface area contributed by atoms with E-state index in [1.807, 2.05) is 4.90 Å². The molecule has 98 valence electrons. The van der Waals surface area contributed by atoms with E-state index in [-0.39, 0.29) is 18.2 Å².